The lowest BCUT2D eigenvalue weighted by Gasteiger charge is -2.48. The van der Waals surface area contributed by atoms with Gasteiger partial charge in [0.25, 0.3) is 0 Å². The highest BCUT2D eigenvalue weighted by atomic mass is 19.4. The molecule has 70 heavy (non-hydrogen) atoms. The molecule has 1 unspecified atom stereocenters. The summed E-state index contributed by atoms with van der Waals surface area (Å²) < 4.78 is 145. The van der Waals surface area contributed by atoms with Crippen molar-refractivity contribution in [2.75, 3.05) is 50.4 Å². The number of hydrogen-bond acceptors (Lipinski definition) is 12. The number of carbonyl (C=O) groups is 1. The summed E-state index contributed by atoms with van der Waals surface area (Å²) in [6.07, 6.45) is -8.54. The van der Waals surface area contributed by atoms with Crippen LogP contribution in [0.2, 0.25) is 0 Å². The van der Waals surface area contributed by atoms with Crippen molar-refractivity contribution in [3.05, 3.63) is 88.5 Å². The number of ether oxygens (including phenoxy) is 6. The number of methoxy groups -OCH3 is 2. The normalized spacial score (nSPS) is 21.9. The molecule has 3 fully saturated rings. The molecule has 0 spiro atoms. The summed E-state index contributed by atoms with van der Waals surface area (Å²) in [6.45, 7) is 7.10. The molecular weight excluding hydrogens is 930 g/mol. The Bertz CT molecular complexity index is 2720. The number of carbonyl (C=O) groups excluding carboxylic acids is 1. The second-order valence-corrected chi connectivity index (χ2v) is 19.3. The number of amides is 1. The molecule has 5 aromatic rings. The van der Waals surface area contributed by atoms with Gasteiger partial charge in [0.15, 0.2) is 5.82 Å². The minimum absolute atomic E-state index is 0.0151. The molecule has 0 saturated carbocycles. The molecule has 0 aliphatic carbocycles. The van der Waals surface area contributed by atoms with Gasteiger partial charge in [0.1, 0.15) is 58.0 Å². The quantitative estimate of drug-likeness (QED) is 0.111. The molecule has 5 atom stereocenters. The smallest absolute Gasteiger partial charge is 0.417 e. The number of aromatic nitrogens is 3. The summed E-state index contributed by atoms with van der Waals surface area (Å²) in [5.74, 6) is -1.79. The van der Waals surface area contributed by atoms with Crippen LogP contribution in [-0.2, 0) is 28.7 Å². The van der Waals surface area contributed by atoms with Gasteiger partial charge in [-0.2, -0.15) is 23.1 Å². The van der Waals surface area contributed by atoms with Gasteiger partial charge in [-0.25, -0.2) is 27.3 Å². The van der Waals surface area contributed by atoms with Crippen molar-refractivity contribution >= 4 is 28.5 Å². The van der Waals surface area contributed by atoms with Gasteiger partial charge in [-0.05, 0) is 101 Å². The van der Waals surface area contributed by atoms with Crippen LogP contribution in [0, 0.1) is 24.0 Å². The van der Waals surface area contributed by atoms with Crippen molar-refractivity contribution in [2.24, 2.45) is 5.41 Å². The highest BCUT2D eigenvalue weighted by Crippen LogP contribution is 2.50. The molecule has 20 heteroatoms. The van der Waals surface area contributed by atoms with Gasteiger partial charge in [-0.15, -0.1) is 0 Å². The Balaban J connectivity index is 1.23. The molecule has 2 aromatic heterocycles. The van der Waals surface area contributed by atoms with Crippen molar-refractivity contribution < 1.29 is 63.9 Å². The fourth-order valence-corrected chi connectivity index (χ4v) is 10.1. The highest BCUT2D eigenvalue weighted by Gasteiger charge is 2.54. The summed E-state index contributed by atoms with van der Waals surface area (Å²) in [6, 6.07) is 12.4. The van der Waals surface area contributed by atoms with E-state index >= 15 is 22.0 Å². The molecule has 3 saturated heterocycles. The maximum Gasteiger partial charge on any atom is 0.417 e. The Kier molecular flexibility index (Phi) is 12.8. The number of alkyl halides is 5. The van der Waals surface area contributed by atoms with Crippen molar-refractivity contribution in [1.29, 1.82) is 0 Å². The molecule has 3 aromatic carbocycles. The molecule has 13 nitrogen and oxygen atoms in total. The second kappa shape index (κ2) is 18.5. The standard InChI is InChI=1S/C50H53F7N6O7/c1-26-37(50(55,56)57)33(20-35(38(26)51)61(21-28-8-13-31(65-6)14-9-28)22-29-10-15-32(66-7)16-11-29)40-39(52)41-36-43(60-46(59-41)68-25-49(45(53)54)18-19-67-24-49)62-23-30-12-17-34(42(62)27(2)69-44(36)58-40)63(30)47(64)70-48(3,4)5/h8-11,13-16,20,27,30,34,42,45H,12,17-19,21-25H2,1-7H3/t27-,30+,34-,42+,49?/m0/s1. The summed E-state index contributed by atoms with van der Waals surface area (Å²) in [5.41, 5.74) is -6.15. The molecule has 1 amide bonds. The van der Waals surface area contributed by atoms with E-state index in [2.05, 4.69) is 15.0 Å². The number of piperazine rings is 1. The van der Waals surface area contributed by atoms with E-state index in [9.17, 15) is 13.6 Å². The van der Waals surface area contributed by atoms with E-state index in [-0.39, 0.29) is 62.0 Å². The highest BCUT2D eigenvalue weighted by molar-refractivity contribution is 5.98. The average molecular weight is 983 g/mol. The molecule has 9 rings (SSSR count). The van der Waals surface area contributed by atoms with E-state index in [1.807, 2.05) is 4.90 Å². The fourth-order valence-electron chi connectivity index (χ4n) is 10.1. The first-order chi connectivity index (χ1) is 33.2. The molecule has 2 bridgehead atoms. The SMILES string of the molecule is COc1ccc(CN(Cc2ccc(OC)cc2)c2cc(-c3nc4c5c(nc(OCC6(C(F)F)CCOC6)nc5c3F)N3C[C@H]5CC[C@@H]([C@H]3[C@H](C)O4)N5C(=O)OC(C)(C)C)c(C(F)(F)F)c(C)c2F)cc1. The number of benzene rings is 3. The molecular formula is C50H53F7N6O7. The lowest BCUT2D eigenvalue weighted by Crippen LogP contribution is -2.65. The van der Waals surface area contributed by atoms with Crippen LogP contribution in [0.15, 0.2) is 54.6 Å². The van der Waals surface area contributed by atoms with Gasteiger partial charge >= 0.3 is 18.3 Å². The Hall–Kier alpha value is -6.31. The Labute approximate surface area is 399 Å². The number of halogens is 7. The third kappa shape index (κ3) is 9.02. The monoisotopic (exact) mass is 982 g/mol. The van der Waals surface area contributed by atoms with Crippen molar-refractivity contribution in [2.45, 2.75) is 109 Å². The van der Waals surface area contributed by atoms with E-state index in [1.165, 1.54) is 19.1 Å². The first-order valence-corrected chi connectivity index (χ1v) is 23.0. The van der Waals surface area contributed by atoms with Gasteiger partial charge in [0, 0.05) is 31.8 Å². The number of fused-ring (bicyclic) bond motifs is 5. The first kappa shape index (κ1) is 48.7. The Morgan fingerprint density at radius 3 is 2.13 bits per heavy atom. The molecule has 6 heterocycles. The van der Waals surface area contributed by atoms with Gasteiger partial charge in [-0.3, -0.25) is 4.90 Å². The zero-order valence-corrected chi connectivity index (χ0v) is 39.6. The topological polar surface area (TPSA) is 121 Å². The largest absolute Gasteiger partial charge is 0.497 e. The van der Waals surface area contributed by atoms with Gasteiger partial charge in [0.2, 0.25) is 12.3 Å². The average Bonchev–Trinajstić information content (AvgIpc) is 3.90. The summed E-state index contributed by atoms with van der Waals surface area (Å²) >= 11 is 0. The number of hydrogen-bond donors (Lipinski definition) is 0. The van der Waals surface area contributed by atoms with Crippen LogP contribution in [0.5, 0.6) is 23.4 Å². The minimum Gasteiger partial charge on any atom is -0.497 e. The van der Waals surface area contributed by atoms with Gasteiger partial charge in [0.05, 0.1) is 55.6 Å². The lowest BCUT2D eigenvalue weighted by atomic mass is 9.89. The van der Waals surface area contributed by atoms with E-state index in [0.29, 0.717) is 35.5 Å². The van der Waals surface area contributed by atoms with Crippen LogP contribution in [0.3, 0.4) is 0 Å². The van der Waals surface area contributed by atoms with Gasteiger partial charge < -0.3 is 38.2 Å². The summed E-state index contributed by atoms with van der Waals surface area (Å²) in [5, 5.41) is -0.117. The van der Waals surface area contributed by atoms with Crippen LogP contribution in [-0.4, -0.2) is 103 Å². The third-order valence-electron chi connectivity index (χ3n) is 13.6. The van der Waals surface area contributed by atoms with E-state index in [1.54, 1.807) is 81.1 Å². The number of rotatable bonds is 12. The van der Waals surface area contributed by atoms with Crippen molar-refractivity contribution in [3.8, 4) is 34.6 Å². The zero-order valence-electron chi connectivity index (χ0n) is 39.6. The zero-order chi connectivity index (χ0) is 50.0. The molecule has 0 N–H and O–H groups in total. The minimum atomic E-state index is -5.25. The lowest BCUT2D eigenvalue weighted by molar-refractivity contribution is -0.137. The molecule has 374 valence electrons. The Morgan fingerprint density at radius 2 is 1.57 bits per heavy atom. The first-order valence-electron chi connectivity index (χ1n) is 23.0. The van der Waals surface area contributed by atoms with Crippen LogP contribution in [0.4, 0.5) is 47.0 Å². The van der Waals surface area contributed by atoms with Crippen LogP contribution >= 0.6 is 0 Å². The van der Waals surface area contributed by atoms with Crippen molar-refractivity contribution in [1.82, 2.24) is 19.9 Å². The summed E-state index contributed by atoms with van der Waals surface area (Å²) in [7, 11) is 3.00. The second-order valence-electron chi connectivity index (χ2n) is 19.3. The predicted octanol–water partition coefficient (Wildman–Crippen LogP) is 10.3. The number of anilines is 2. The molecule has 4 aliphatic heterocycles. The van der Waals surface area contributed by atoms with E-state index < -0.39 is 106 Å². The number of nitrogens with zero attached hydrogens (tertiary/aromatic N) is 6. The maximum atomic E-state index is 17.9. The third-order valence-corrected chi connectivity index (χ3v) is 13.6. The van der Waals surface area contributed by atoms with E-state index in [0.717, 1.165) is 13.0 Å². The van der Waals surface area contributed by atoms with Crippen LogP contribution < -0.4 is 28.7 Å². The molecule has 0 radical (unpaired) electrons. The van der Waals surface area contributed by atoms with E-state index in [4.69, 9.17) is 28.4 Å². The molecule has 4 aliphatic rings. The van der Waals surface area contributed by atoms with Gasteiger partial charge in [-0.1, -0.05) is 24.3 Å². The van der Waals surface area contributed by atoms with Crippen LogP contribution in [0.1, 0.15) is 69.2 Å². The maximum absolute atomic E-state index is 17.9. The Morgan fingerprint density at radius 1 is 0.929 bits per heavy atom. The fraction of sp³-hybridized carbons (Fsp3) is 0.480. The van der Waals surface area contributed by atoms with Crippen molar-refractivity contribution in [3.63, 3.8) is 0 Å². The predicted molar refractivity (Wildman–Crippen MR) is 244 cm³/mol. The summed E-state index contributed by atoms with van der Waals surface area (Å²) in [4.78, 5) is 32.4. The number of pyridine rings is 1. The van der Waals surface area contributed by atoms with Crippen LogP contribution in [0.25, 0.3) is 22.2 Å².